The summed E-state index contributed by atoms with van der Waals surface area (Å²) >= 11 is 1.10. The van der Waals surface area contributed by atoms with Crippen LogP contribution in [0.2, 0.25) is 0 Å². The van der Waals surface area contributed by atoms with Gasteiger partial charge in [0.1, 0.15) is 5.00 Å². The fraction of sp³-hybridized carbons (Fsp3) is 0.167. The van der Waals surface area contributed by atoms with E-state index in [0.717, 1.165) is 11.3 Å². The maximum absolute atomic E-state index is 11.9. The molecule has 7 nitrogen and oxygen atoms in total. The highest BCUT2D eigenvalue weighted by molar-refractivity contribution is 7.19. The number of carbonyl (C=O) groups is 2. The van der Waals surface area contributed by atoms with E-state index in [1.54, 1.807) is 18.3 Å². The summed E-state index contributed by atoms with van der Waals surface area (Å²) in [5.41, 5.74) is 6.55. The third kappa shape index (κ3) is 3.29. The summed E-state index contributed by atoms with van der Waals surface area (Å²) in [6.45, 7) is 0. The predicted molar refractivity (Wildman–Crippen MR) is 74.4 cm³/mol. The molecule has 0 aliphatic carbocycles. The van der Waals surface area contributed by atoms with Crippen molar-refractivity contribution in [1.29, 1.82) is 0 Å². The quantitative estimate of drug-likeness (QED) is 0.817. The van der Waals surface area contributed by atoms with E-state index in [1.807, 2.05) is 0 Å². The van der Waals surface area contributed by atoms with E-state index in [0.29, 0.717) is 21.4 Å². The number of amides is 1. The lowest BCUT2D eigenvalue weighted by Crippen LogP contribution is -2.12. The van der Waals surface area contributed by atoms with Crippen LogP contribution in [0.15, 0.2) is 24.5 Å². The van der Waals surface area contributed by atoms with E-state index >= 15 is 0 Å². The zero-order chi connectivity index (χ0) is 14.5. The van der Waals surface area contributed by atoms with Crippen LogP contribution >= 0.6 is 11.3 Å². The van der Waals surface area contributed by atoms with Crippen LogP contribution in [0.1, 0.15) is 16.1 Å². The summed E-state index contributed by atoms with van der Waals surface area (Å²) in [6, 6.07) is 3.29. The Morgan fingerprint density at radius 3 is 2.95 bits per heavy atom. The summed E-state index contributed by atoms with van der Waals surface area (Å²) in [7, 11) is 1.29. The van der Waals surface area contributed by atoms with Crippen molar-refractivity contribution >= 4 is 33.3 Å². The molecule has 0 aliphatic heterocycles. The Bertz CT molecular complexity index is 627. The number of ether oxygens (including phenoxy) is 1. The van der Waals surface area contributed by atoms with E-state index in [9.17, 15) is 9.59 Å². The van der Waals surface area contributed by atoms with Crippen LogP contribution in [-0.2, 0) is 16.0 Å². The predicted octanol–water partition coefficient (Wildman–Crippen LogP) is 1.09. The van der Waals surface area contributed by atoms with Gasteiger partial charge in [-0.25, -0.2) is 4.98 Å². The Kier molecular flexibility index (Phi) is 4.26. The molecule has 0 radical (unpaired) electrons. The number of nitrogen functional groups attached to an aromatic ring is 1. The van der Waals surface area contributed by atoms with Gasteiger partial charge in [-0.15, -0.1) is 0 Å². The van der Waals surface area contributed by atoms with Crippen molar-refractivity contribution in [3.8, 4) is 0 Å². The number of hydrogen-bond acceptors (Lipinski definition) is 7. The highest BCUT2D eigenvalue weighted by Crippen LogP contribution is 2.26. The Balaban J connectivity index is 2.09. The highest BCUT2D eigenvalue weighted by Gasteiger charge is 2.15. The largest absolute Gasteiger partial charge is 0.469 e. The first-order chi connectivity index (χ1) is 9.60. The number of methoxy groups -OCH3 is 1. The monoisotopic (exact) mass is 292 g/mol. The smallest absolute Gasteiger partial charge is 0.311 e. The summed E-state index contributed by atoms with van der Waals surface area (Å²) in [6.07, 6.45) is 3.00. The second kappa shape index (κ2) is 6.11. The topological polar surface area (TPSA) is 107 Å². The number of rotatable bonds is 4. The van der Waals surface area contributed by atoms with Gasteiger partial charge < -0.3 is 10.5 Å². The number of carbonyl (C=O) groups excluding carboxylic acids is 2. The first-order valence-corrected chi connectivity index (χ1v) is 6.45. The summed E-state index contributed by atoms with van der Waals surface area (Å²) < 4.78 is 4.54. The molecular formula is C12H12N4O3S. The molecule has 8 heteroatoms. The van der Waals surface area contributed by atoms with Gasteiger partial charge in [-0.3, -0.25) is 19.9 Å². The highest BCUT2D eigenvalue weighted by atomic mass is 32.1. The Labute approximate surface area is 118 Å². The number of hydrogen-bond donors (Lipinski definition) is 2. The van der Waals surface area contributed by atoms with Crippen LogP contribution in [0.5, 0.6) is 0 Å². The van der Waals surface area contributed by atoms with Crippen LogP contribution < -0.4 is 11.1 Å². The maximum Gasteiger partial charge on any atom is 0.311 e. The average molecular weight is 292 g/mol. The van der Waals surface area contributed by atoms with E-state index in [2.05, 4.69) is 20.0 Å². The molecule has 1 amide bonds. The van der Waals surface area contributed by atoms with Gasteiger partial charge in [0, 0.05) is 12.4 Å². The van der Waals surface area contributed by atoms with Gasteiger partial charge in [0.05, 0.1) is 24.8 Å². The number of nitrogens with one attached hydrogen (secondary N) is 1. The first kappa shape index (κ1) is 13.9. The van der Waals surface area contributed by atoms with Crippen LogP contribution in [0.25, 0.3) is 0 Å². The third-order valence-corrected chi connectivity index (χ3v) is 3.25. The van der Waals surface area contributed by atoms with Crippen molar-refractivity contribution in [2.45, 2.75) is 6.42 Å². The lowest BCUT2D eigenvalue weighted by Gasteiger charge is -2.00. The van der Waals surface area contributed by atoms with Crippen molar-refractivity contribution in [1.82, 2.24) is 9.97 Å². The van der Waals surface area contributed by atoms with Gasteiger partial charge in [-0.2, -0.15) is 0 Å². The van der Waals surface area contributed by atoms with Crippen LogP contribution in [0.3, 0.4) is 0 Å². The number of pyridine rings is 1. The number of anilines is 2. The molecule has 0 unspecified atom stereocenters. The molecule has 0 aliphatic rings. The Morgan fingerprint density at radius 1 is 1.50 bits per heavy atom. The van der Waals surface area contributed by atoms with Gasteiger partial charge in [-0.1, -0.05) is 11.3 Å². The molecule has 2 aromatic heterocycles. The number of esters is 1. The molecule has 0 fully saturated rings. The van der Waals surface area contributed by atoms with Crippen LogP contribution in [0.4, 0.5) is 10.1 Å². The minimum atomic E-state index is -0.438. The lowest BCUT2D eigenvalue weighted by molar-refractivity contribution is -0.139. The Morgan fingerprint density at radius 2 is 2.30 bits per heavy atom. The fourth-order valence-electron chi connectivity index (χ4n) is 1.42. The summed E-state index contributed by atoms with van der Waals surface area (Å²) in [4.78, 5) is 31.0. The second-order valence-corrected chi connectivity index (χ2v) is 4.81. The molecule has 0 atom stereocenters. The van der Waals surface area contributed by atoms with E-state index in [-0.39, 0.29) is 12.3 Å². The lowest BCUT2D eigenvalue weighted by atomic mass is 10.3. The van der Waals surface area contributed by atoms with Gasteiger partial charge in [0.2, 0.25) is 0 Å². The van der Waals surface area contributed by atoms with Crippen molar-refractivity contribution in [2.75, 3.05) is 18.2 Å². The van der Waals surface area contributed by atoms with E-state index < -0.39 is 5.97 Å². The molecule has 20 heavy (non-hydrogen) atoms. The molecule has 0 saturated carbocycles. The van der Waals surface area contributed by atoms with Crippen LogP contribution in [0, 0.1) is 0 Å². The van der Waals surface area contributed by atoms with Gasteiger partial charge in [-0.05, 0) is 12.1 Å². The van der Waals surface area contributed by atoms with Crippen molar-refractivity contribution in [3.05, 3.63) is 35.8 Å². The van der Waals surface area contributed by atoms with Gasteiger partial charge in [0.25, 0.3) is 5.91 Å². The summed E-state index contributed by atoms with van der Waals surface area (Å²) in [5, 5.41) is 3.31. The molecule has 2 aromatic rings. The standard InChI is InChI=1S/C12H12N4O3S/c1-19-9(17)5-8-10(13)20-12(15-8)16-11(18)7-3-2-4-14-6-7/h2-4,6H,5,13H2,1H3,(H,15,16,18). The molecule has 104 valence electrons. The zero-order valence-corrected chi connectivity index (χ0v) is 11.4. The maximum atomic E-state index is 11.9. The Hall–Kier alpha value is -2.48. The molecule has 2 heterocycles. The minimum absolute atomic E-state index is 0.0262. The third-order valence-electron chi connectivity index (χ3n) is 2.41. The summed E-state index contributed by atoms with van der Waals surface area (Å²) in [5.74, 6) is -0.774. The number of nitrogens with zero attached hydrogens (tertiary/aromatic N) is 2. The molecular weight excluding hydrogens is 280 g/mol. The number of thiazole rings is 1. The second-order valence-electron chi connectivity index (χ2n) is 3.78. The molecule has 3 N–H and O–H groups in total. The van der Waals surface area contributed by atoms with Crippen molar-refractivity contribution in [2.24, 2.45) is 0 Å². The van der Waals surface area contributed by atoms with Crippen molar-refractivity contribution in [3.63, 3.8) is 0 Å². The molecule has 0 saturated heterocycles. The molecule has 0 spiro atoms. The van der Waals surface area contributed by atoms with E-state index in [4.69, 9.17) is 5.73 Å². The fourth-order valence-corrected chi connectivity index (χ4v) is 2.16. The van der Waals surface area contributed by atoms with E-state index in [1.165, 1.54) is 13.3 Å². The first-order valence-electron chi connectivity index (χ1n) is 5.63. The molecule has 0 bridgehead atoms. The van der Waals surface area contributed by atoms with Gasteiger partial charge >= 0.3 is 5.97 Å². The molecule has 0 aromatic carbocycles. The average Bonchev–Trinajstić information content (AvgIpc) is 2.79. The molecule has 2 rings (SSSR count). The van der Waals surface area contributed by atoms with Gasteiger partial charge in [0.15, 0.2) is 5.13 Å². The number of aromatic nitrogens is 2. The number of nitrogens with two attached hydrogens (primary N) is 1. The zero-order valence-electron chi connectivity index (χ0n) is 10.6. The van der Waals surface area contributed by atoms with Crippen LogP contribution in [-0.4, -0.2) is 29.0 Å². The SMILES string of the molecule is COC(=O)Cc1nc(NC(=O)c2cccnc2)sc1N. The normalized spacial score (nSPS) is 10.1. The van der Waals surface area contributed by atoms with Crippen molar-refractivity contribution < 1.29 is 14.3 Å². The minimum Gasteiger partial charge on any atom is -0.469 e.